The molecule has 0 spiro atoms. The van der Waals surface area contributed by atoms with E-state index in [1.807, 2.05) is 4.57 Å². The Morgan fingerprint density at radius 3 is 2.62 bits per heavy atom. The maximum Gasteiger partial charge on any atom is 0.338 e. The van der Waals surface area contributed by atoms with Gasteiger partial charge in [0.05, 0.1) is 41.5 Å². The molecule has 2 aliphatic heterocycles. The fraction of sp³-hybridized carbons (Fsp3) is 0.367. The predicted molar refractivity (Wildman–Crippen MR) is 150 cm³/mol. The van der Waals surface area contributed by atoms with Gasteiger partial charge in [-0.1, -0.05) is 11.6 Å². The molecule has 4 aromatic rings. The van der Waals surface area contributed by atoms with Crippen LogP contribution in [0.5, 0.6) is 11.5 Å². The van der Waals surface area contributed by atoms with Crippen molar-refractivity contribution in [3.8, 4) is 11.5 Å². The Labute approximate surface area is 245 Å². The van der Waals surface area contributed by atoms with Gasteiger partial charge in [0.1, 0.15) is 30.1 Å². The normalized spacial score (nSPS) is 17.7. The Bertz CT molecular complexity index is 1600. The van der Waals surface area contributed by atoms with Gasteiger partial charge in [0.15, 0.2) is 11.6 Å². The molecule has 1 N–H and O–H groups in total. The van der Waals surface area contributed by atoms with Gasteiger partial charge in [0.25, 0.3) is 0 Å². The standard InChI is InChI=1S/C30H29ClF2N4O5/c31-18-1-2-28(25(33)11-18)41-17-19-12-21(3-7-34-19)42-20-4-8-36(9-5-20)16-29-35-26-14-24(32)23(30(38)39)13-27(26)37(29)15-22-6-10-40-22/h1-3,7,11-14,20,22H,4-6,8-10,15-17H2,(H,38,39). The van der Waals surface area contributed by atoms with E-state index >= 15 is 0 Å². The number of pyridine rings is 1. The van der Waals surface area contributed by atoms with Crippen LogP contribution >= 0.6 is 11.6 Å². The van der Waals surface area contributed by atoms with Crippen molar-refractivity contribution in [3.05, 3.63) is 82.4 Å². The molecule has 0 bridgehead atoms. The summed E-state index contributed by atoms with van der Waals surface area (Å²) in [6, 6.07) is 10.4. The minimum atomic E-state index is -1.31. The van der Waals surface area contributed by atoms with Gasteiger partial charge in [-0.05, 0) is 49.6 Å². The molecule has 2 aromatic carbocycles. The first-order valence-electron chi connectivity index (χ1n) is 13.8. The summed E-state index contributed by atoms with van der Waals surface area (Å²) in [7, 11) is 0. The average molecular weight is 599 g/mol. The van der Waals surface area contributed by atoms with Gasteiger partial charge in [-0.3, -0.25) is 9.88 Å². The molecule has 0 amide bonds. The number of hydrogen-bond donors (Lipinski definition) is 1. The molecule has 1 atom stereocenters. The summed E-state index contributed by atoms with van der Waals surface area (Å²) in [6.07, 6.45) is 4.15. The number of ether oxygens (including phenoxy) is 3. The molecule has 42 heavy (non-hydrogen) atoms. The van der Waals surface area contributed by atoms with Crippen molar-refractivity contribution in [2.45, 2.75) is 51.2 Å². The van der Waals surface area contributed by atoms with E-state index in [1.165, 1.54) is 24.3 Å². The fourth-order valence-corrected chi connectivity index (χ4v) is 5.40. The number of rotatable bonds is 10. The molecule has 6 rings (SSSR count). The van der Waals surface area contributed by atoms with Gasteiger partial charge < -0.3 is 23.9 Å². The van der Waals surface area contributed by atoms with Crippen LogP contribution in [0.15, 0.2) is 48.7 Å². The summed E-state index contributed by atoms with van der Waals surface area (Å²) >= 11 is 5.80. The van der Waals surface area contributed by atoms with Crippen molar-refractivity contribution in [2.24, 2.45) is 0 Å². The van der Waals surface area contributed by atoms with Crippen LogP contribution < -0.4 is 9.47 Å². The van der Waals surface area contributed by atoms with E-state index < -0.39 is 17.6 Å². The van der Waals surface area contributed by atoms with E-state index in [0.717, 1.165) is 38.2 Å². The highest BCUT2D eigenvalue weighted by Gasteiger charge is 2.26. The van der Waals surface area contributed by atoms with Crippen LogP contribution in [-0.4, -0.2) is 62.4 Å². The molecule has 2 aliphatic rings. The third kappa shape index (κ3) is 6.33. The Balaban J connectivity index is 1.08. The Morgan fingerprint density at radius 2 is 1.90 bits per heavy atom. The van der Waals surface area contributed by atoms with Gasteiger partial charge in [0, 0.05) is 43.0 Å². The van der Waals surface area contributed by atoms with Crippen molar-refractivity contribution in [1.29, 1.82) is 0 Å². The zero-order valence-electron chi connectivity index (χ0n) is 22.6. The summed E-state index contributed by atoms with van der Waals surface area (Å²) in [5.41, 5.74) is 1.26. The maximum absolute atomic E-state index is 14.4. The third-order valence-corrected chi connectivity index (χ3v) is 7.82. The number of halogens is 3. The molecule has 9 nitrogen and oxygen atoms in total. The quantitative estimate of drug-likeness (QED) is 0.257. The van der Waals surface area contributed by atoms with Crippen LogP contribution in [0.25, 0.3) is 11.0 Å². The molecular formula is C30H29ClF2N4O5. The zero-order chi connectivity index (χ0) is 29.2. The number of nitrogens with zero attached hydrogens (tertiary/aromatic N) is 4. The molecule has 0 radical (unpaired) electrons. The lowest BCUT2D eigenvalue weighted by atomic mass is 10.1. The first-order valence-corrected chi connectivity index (χ1v) is 14.2. The van der Waals surface area contributed by atoms with Crippen LogP contribution in [0.3, 0.4) is 0 Å². The summed E-state index contributed by atoms with van der Waals surface area (Å²) in [5.74, 6) is -1.14. The van der Waals surface area contributed by atoms with E-state index in [9.17, 15) is 18.7 Å². The average Bonchev–Trinajstić information content (AvgIpc) is 3.26. The summed E-state index contributed by atoms with van der Waals surface area (Å²) in [5, 5.41) is 9.72. The highest BCUT2D eigenvalue weighted by Crippen LogP contribution is 2.27. The second kappa shape index (κ2) is 12.2. The molecule has 2 aromatic heterocycles. The zero-order valence-corrected chi connectivity index (χ0v) is 23.4. The molecule has 2 fully saturated rings. The lowest BCUT2D eigenvalue weighted by Gasteiger charge is -2.32. The highest BCUT2D eigenvalue weighted by atomic mass is 35.5. The molecule has 220 valence electrons. The summed E-state index contributed by atoms with van der Waals surface area (Å²) in [4.78, 5) is 22.8. The van der Waals surface area contributed by atoms with Crippen LogP contribution in [0.4, 0.5) is 8.78 Å². The van der Waals surface area contributed by atoms with E-state index in [0.29, 0.717) is 47.2 Å². The Kier molecular flexibility index (Phi) is 8.23. The second-order valence-electron chi connectivity index (χ2n) is 10.5. The van der Waals surface area contributed by atoms with E-state index in [4.69, 9.17) is 25.8 Å². The number of hydrogen-bond acceptors (Lipinski definition) is 7. The van der Waals surface area contributed by atoms with Gasteiger partial charge >= 0.3 is 5.97 Å². The van der Waals surface area contributed by atoms with Crippen molar-refractivity contribution in [3.63, 3.8) is 0 Å². The topological polar surface area (TPSA) is 98.9 Å². The molecule has 4 heterocycles. The van der Waals surface area contributed by atoms with Gasteiger partial charge in [-0.15, -0.1) is 0 Å². The molecule has 0 aliphatic carbocycles. The predicted octanol–water partition coefficient (Wildman–Crippen LogP) is 5.47. The molecular weight excluding hydrogens is 570 g/mol. The van der Waals surface area contributed by atoms with Crippen LogP contribution in [0.2, 0.25) is 5.02 Å². The third-order valence-electron chi connectivity index (χ3n) is 7.59. The first kappa shape index (κ1) is 28.3. The van der Waals surface area contributed by atoms with Crippen LogP contribution in [0, 0.1) is 11.6 Å². The Hall–Kier alpha value is -3.80. The number of carboxylic acid groups (broad SMARTS) is 1. The monoisotopic (exact) mass is 598 g/mol. The molecule has 2 saturated heterocycles. The minimum Gasteiger partial charge on any atom is -0.490 e. The smallest absolute Gasteiger partial charge is 0.338 e. The number of piperidine rings is 1. The second-order valence-corrected chi connectivity index (χ2v) is 10.9. The highest BCUT2D eigenvalue weighted by molar-refractivity contribution is 6.30. The maximum atomic E-state index is 14.4. The lowest BCUT2D eigenvalue weighted by molar-refractivity contribution is -0.0592. The van der Waals surface area contributed by atoms with Crippen molar-refractivity contribution in [2.75, 3.05) is 19.7 Å². The van der Waals surface area contributed by atoms with Crippen molar-refractivity contribution >= 4 is 28.6 Å². The molecule has 1 unspecified atom stereocenters. The number of carbonyl (C=O) groups is 1. The number of carboxylic acids is 1. The van der Waals surface area contributed by atoms with Gasteiger partial charge in [0.2, 0.25) is 0 Å². The minimum absolute atomic E-state index is 0.000502. The summed E-state index contributed by atoms with van der Waals surface area (Å²) < 4.78 is 47.8. The number of likely N-dealkylation sites (tertiary alicyclic amines) is 1. The van der Waals surface area contributed by atoms with Crippen molar-refractivity contribution in [1.82, 2.24) is 19.4 Å². The van der Waals surface area contributed by atoms with E-state index in [2.05, 4.69) is 14.9 Å². The number of fused-ring (bicyclic) bond motifs is 1. The molecule has 12 heteroatoms. The first-order chi connectivity index (χ1) is 20.3. The van der Waals surface area contributed by atoms with Gasteiger partial charge in [-0.25, -0.2) is 18.6 Å². The number of aromatic nitrogens is 3. The SMILES string of the molecule is O=C(O)c1cc2c(cc1F)nc(CN1CCC(Oc3ccnc(COc4ccc(Cl)cc4F)c3)CC1)n2CC1CCO1. The number of benzene rings is 2. The van der Waals surface area contributed by atoms with Crippen molar-refractivity contribution < 1.29 is 32.9 Å². The molecule has 0 saturated carbocycles. The van der Waals surface area contributed by atoms with Crippen LogP contribution in [0.1, 0.15) is 41.1 Å². The van der Waals surface area contributed by atoms with E-state index in [1.54, 1.807) is 24.4 Å². The Morgan fingerprint density at radius 1 is 1.10 bits per heavy atom. The van der Waals surface area contributed by atoms with Crippen LogP contribution in [-0.2, 0) is 24.4 Å². The van der Waals surface area contributed by atoms with E-state index in [-0.39, 0.29) is 30.1 Å². The largest absolute Gasteiger partial charge is 0.490 e. The number of imidazole rings is 1. The van der Waals surface area contributed by atoms with Gasteiger partial charge in [-0.2, -0.15) is 0 Å². The lowest BCUT2D eigenvalue weighted by Crippen LogP contribution is -2.39. The fourth-order valence-electron chi connectivity index (χ4n) is 5.25. The summed E-state index contributed by atoms with van der Waals surface area (Å²) in [6.45, 7) is 3.38. The number of aromatic carboxylic acids is 1.